The van der Waals surface area contributed by atoms with Crippen LogP contribution in [0.4, 0.5) is 0 Å². The lowest BCUT2D eigenvalue weighted by molar-refractivity contribution is 0.0443. The summed E-state index contributed by atoms with van der Waals surface area (Å²) in [6.45, 7) is 3.67. The molecule has 0 aliphatic heterocycles. The first kappa shape index (κ1) is 17.4. The van der Waals surface area contributed by atoms with Crippen LogP contribution in [0, 0.1) is 23.2 Å². The number of carbonyl (C=O) groups is 1. The lowest BCUT2D eigenvalue weighted by Gasteiger charge is -2.08. The number of pyridine rings is 1. The van der Waals surface area contributed by atoms with Crippen molar-refractivity contribution in [2.24, 2.45) is 0 Å². The molecule has 5 nitrogen and oxygen atoms in total. The summed E-state index contributed by atoms with van der Waals surface area (Å²) in [4.78, 5) is 12.8. The van der Waals surface area contributed by atoms with Gasteiger partial charge in [0.2, 0.25) is 0 Å². The van der Waals surface area contributed by atoms with Crippen LogP contribution in [0.15, 0.2) is 42.6 Å². The molecule has 2 aromatic heterocycles. The maximum atomic E-state index is 12.8. The van der Waals surface area contributed by atoms with Crippen LogP contribution < -0.4 is 4.74 Å². The van der Waals surface area contributed by atoms with Gasteiger partial charge in [0.1, 0.15) is 11.8 Å². The molecule has 0 amide bonds. The van der Waals surface area contributed by atoms with Crippen LogP contribution in [0.2, 0.25) is 0 Å². The molecule has 0 fully saturated rings. The number of nitrogens with zero attached hydrogens (tertiary/aromatic N) is 2. The highest BCUT2D eigenvalue weighted by Gasteiger charge is 2.21. The summed E-state index contributed by atoms with van der Waals surface area (Å²) in [6, 6.07) is 13.1. The van der Waals surface area contributed by atoms with E-state index in [1.165, 1.54) is 0 Å². The number of aromatic nitrogens is 1. The average molecular weight is 346 g/mol. The molecular formula is C21H18N2O3. The molecule has 1 unspecified atom stereocenters. The number of carbonyl (C=O) groups excluding carboxylic acids is 1. The van der Waals surface area contributed by atoms with Crippen LogP contribution in [-0.4, -0.2) is 23.1 Å². The second kappa shape index (κ2) is 7.63. The van der Waals surface area contributed by atoms with Crippen LogP contribution in [-0.2, 0) is 4.74 Å². The van der Waals surface area contributed by atoms with E-state index in [1.54, 1.807) is 25.3 Å². The number of para-hydroxylation sites is 1. The van der Waals surface area contributed by atoms with Crippen molar-refractivity contribution in [3.8, 4) is 23.7 Å². The van der Waals surface area contributed by atoms with Crippen LogP contribution in [0.3, 0.4) is 0 Å². The molecule has 0 saturated carbocycles. The van der Waals surface area contributed by atoms with Gasteiger partial charge in [-0.05, 0) is 25.1 Å². The molecule has 0 saturated heterocycles. The van der Waals surface area contributed by atoms with Gasteiger partial charge in [0.05, 0.1) is 22.8 Å². The van der Waals surface area contributed by atoms with E-state index in [0.717, 1.165) is 16.4 Å². The van der Waals surface area contributed by atoms with Gasteiger partial charge in [-0.2, -0.15) is 5.26 Å². The fourth-order valence-corrected chi connectivity index (χ4v) is 2.83. The highest BCUT2D eigenvalue weighted by atomic mass is 16.5. The van der Waals surface area contributed by atoms with Gasteiger partial charge in [-0.25, -0.2) is 4.79 Å². The first-order valence-corrected chi connectivity index (χ1v) is 8.37. The minimum absolute atomic E-state index is 0.0345. The van der Waals surface area contributed by atoms with Gasteiger partial charge >= 0.3 is 5.97 Å². The molecule has 26 heavy (non-hydrogen) atoms. The Kier molecular flexibility index (Phi) is 5.10. The van der Waals surface area contributed by atoms with Crippen LogP contribution in [0.25, 0.3) is 16.4 Å². The molecule has 1 aromatic carbocycles. The first-order chi connectivity index (χ1) is 12.7. The van der Waals surface area contributed by atoms with Crippen molar-refractivity contribution in [2.45, 2.75) is 26.4 Å². The van der Waals surface area contributed by atoms with E-state index in [9.17, 15) is 4.79 Å². The molecule has 5 heteroatoms. The Labute approximate surface area is 151 Å². The fraction of sp³-hybridized carbons (Fsp3) is 0.238. The third kappa shape index (κ3) is 3.34. The Hall–Kier alpha value is -3.44. The summed E-state index contributed by atoms with van der Waals surface area (Å²) in [5.41, 5.74) is 2.08. The molecule has 130 valence electrons. The van der Waals surface area contributed by atoms with Gasteiger partial charge in [-0.15, -0.1) is 0 Å². The molecule has 0 aliphatic carbocycles. The summed E-state index contributed by atoms with van der Waals surface area (Å²) in [5, 5.41) is 9.48. The minimum Gasteiger partial charge on any atom is -0.477 e. The lowest BCUT2D eigenvalue weighted by Crippen LogP contribution is -2.13. The van der Waals surface area contributed by atoms with Gasteiger partial charge in [-0.3, -0.25) is 0 Å². The van der Waals surface area contributed by atoms with Crippen molar-refractivity contribution < 1.29 is 14.3 Å². The third-order valence-electron chi connectivity index (χ3n) is 3.88. The van der Waals surface area contributed by atoms with Gasteiger partial charge in [0.15, 0.2) is 12.7 Å². The van der Waals surface area contributed by atoms with Gasteiger partial charge < -0.3 is 13.9 Å². The van der Waals surface area contributed by atoms with Crippen molar-refractivity contribution in [3.63, 3.8) is 0 Å². The number of rotatable bonds is 4. The van der Waals surface area contributed by atoms with Crippen molar-refractivity contribution in [1.82, 2.24) is 4.40 Å². The van der Waals surface area contributed by atoms with E-state index in [0.29, 0.717) is 17.7 Å². The van der Waals surface area contributed by atoms with Crippen molar-refractivity contribution in [2.75, 3.05) is 6.61 Å². The highest BCUT2D eigenvalue weighted by molar-refractivity contribution is 6.11. The standard InChI is InChI=1S/C21H18N2O3/c1-3-4-7-15(2)26-21(24)20-17-8-5-6-9-18(17)23-14-16(25-13-12-22)10-11-19(20)23/h5-6,8-11,14-15H,3,13H2,1-2H3. The smallest absolute Gasteiger partial charge is 0.342 e. The molecule has 0 spiro atoms. The molecule has 3 rings (SSSR count). The average Bonchev–Trinajstić information content (AvgIpc) is 2.98. The topological polar surface area (TPSA) is 63.7 Å². The second-order valence-corrected chi connectivity index (χ2v) is 5.68. The fourth-order valence-electron chi connectivity index (χ4n) is 2.83. The number of esters is 1. The Morgan fingerprint density at radius 3 is 2.81 bits per heavy atom. The summed E-state index contributed by atoms with van der Waals surface area (Å²) in [6.07, 6.45) is 2.01. The lowest BCUT2D eigenvalue weighted by atomic mass is 10.1. The number of fused-ring (bicyclic) bond motifs is 3. The third-order valence-corrected chi connectivity index (χ3v) is 3.88. The van der Waals surface area contributed by atoms with Gasteiger partial charge in [0, 0.05) is 11.8 Å². The number of nitriles is 1. The first-order valence-electron chi connectivity index (χ1n) is 8.37. The van der Waals surface area contributed by atoms with E-state index < -0.39 is 12.1 Å². The van der Waals surface area contributed by atoms with E-state index in [4.69, 9.17) is 14.7 Å². The quantitative estimate of drug-likeness (QED) is 0.530. The summed E-state index contributed by atoms with van der Waals surface area (Å²) in [7, 11) is 0. The van der Waals surface area contributed by atoms with Crippen molar-refractivity contribution in [1.29, 1.82) is 5.26 Å². The number of hydrogen-bond donors (Lipinski definition) is 0. The molecule has 0 aliphatic rings. The van der Waals surface area contributed by atoms with Crippen LogP contribution in [0.1, 0.15) is 30.6 Å². The molecular weight excluding hydrogens is 328 g/mol. The Morgan fingerprint density at radius 1 is 1.23 bits per heavy atom. The summed E-state index contributed by atoms with van der Waals surface area (Å²) in [5.74, 6) is 5.98. The molecule has 0 radical (unpaired) electrons. The van der Waals surface area contributed by atoms with E-state index in [2.05, 4.69) is 11.8 Å². The van der Waals surface area contributed by atoms with E-state index in [-0.39, 0.29) is 6.61 Å². The number of hydrogen-bond acceptors (Lipinski definition) is 4. The monoisotopic (exact) mass is 346 g/mol. The maximum absolute atomic E-state index is 12.8. The Balaban J connectivity index is 2.09. The predicted octanol–water partition coefficient (Wildman–Crippen LogP) is 3.95. The zero-order valence-electron chi connectivity index (χ0n) is 14.7. The highest BCUT2D eigenvalue weighted by Crippen LogP contribution is 2.29. The van der Waals surface area contributed by atoms with Crippen LogP contribution in [0.5, 0.6) is 5.75 Å². The second-order valence-electron chi connectivity index (χ2n) is 5.68. The maximum Gasteiger partial charge on any atom is 0.342 e. The van der Waals surface area contributed by atoms with Crippen LogP contribution >= 0.6 is 0 Å². The molecule has 0 bridgehead atoms. The number of ether oxygens (including phenoxy) is 2. The number of benzene rings is 1. The Morgan fingerprint density at radius 2 is 2.04 bits per heavy atom. The normalized spacial score (nSPS) is 11.4. The van der Waals surface area contributed by atoms with E-state index in [1.807, 2.05) is 41.7 Å². The van der Waals surface area contributed by atoms with Crippen molar-refractivity contribution in [3.05, 3.63) is 48.2 Å². The molecule has 3 aromatic rings. The largest absolute Gasteiger partial charge is 0.477 e. The zero-order valence-corrected chi connectivity index (χ0v) is 14.7. The molecule has 0 N–H and O–H groups in total. The SMILES string of the molecule is CCC#CC(C)OC(=O)c1c2ccccc2n2cc(OCC#N)ccc12. The minimum atomic E-state index is -0.477. The van der Waals surface area contributed by atoms with Gasteiger partial charge in [0.25, 0.3) is 0 Å². The molecule has 1 atom stereocenters. The summed E-state index contributed by atoms with van der Waals surface area (Å²) >= 11 is 0. The molecule has 2 heterocycles. The van der Waals surface area contributed by atoms with Crippen molar-refractivity contribution >= 4 is 22.4 Å². The Bertz CT molecular complexity index is 1060. The summed E-state index contributed by atoms with van der Waals surface area (Å²) < 4.78 is 12.8. The predicted molar refractivity (Wildman–Crippen MR) is 99.0 cm³/mol. The van der Waals surface area contributed by atoms with Gasteiger partial charge in [-0.1, -0.05) is 37.0 Å². The zero-order chi connectivity index (χ0) is 18.5. The van der Waals surface area contributed by atoms with E-state index >= 15 is 0 Å².